The molecule has 0 saturated carbocycles. The summed E-state index contributed by atoms with van der Waals surface area (Å²) in [6, 6.07) is 0. The summed E-state index contributed by atoms with van der Waals surface area (Å²) in [5.74, 6) is 0. The third-order valence-corrected chi connectivity index (χ3v) is 0. The minimum absolute atomic E-state index is 0. The molecule has 0 aliphatic carbocycles. The van der Waals surface area contributed by atoms with Crippen molar-refractivity contribution in [3.8, 4) is 0 Å². The van der Waals surface area contributed by atoms with Crippen LogP contribution in [-0.2, 0) is 0 Å². The van der Waals surface area contributed by atoms with Crippen molar-refractivity contribution < 1.29 is 98.6 Å². The Balaban J connectivity index is 0. The molecule has 0 fully saturated rings. The zero-order chi connectivity index (χ0) is 0. The molecular formula is H36O18. The summed E-state index contributed by atoms with van der Waals surface area (Å²) in [6.45, 7) is 0. The van der Waals surface area contributed by atoms with E-state index < -0.39 is 0 Å². The molecule has 0 bridgehead atoms. The van der Waals surface area contributed by atoms with E-state index in [1.807, 2.05) is 0 Å². The van der Waals surface area contributed by atoms with E-state index in [2.05, 4.69) is 0 Å². The van der Waals surface area contributed by atoms with Gasteiger partial charge in [0.1, 0.15) is 0 Å². The Kier molecular flexibility index (Phi) is 3600000. The van der Waals surface area contributed by atoms with Crippen LogP contribution in [-0.4, -0.2) is 98.6 Å². The van der Waals surface area contributed by atoms with Crippen molar-refractivity contribution in [3.05, 3.63) is 0 Å². The monoisotopic (exact) mass is 324 g/mol. The van der Waals surface area contributed by atoms with Gasteiger partial charge in [0.2, 0.25) is 0 Å². The zero-order valence-electron chi connectivity index (χ0n) is 9.00. The molecule has 0 aromatic heterocycles. The Morgan fingerprint density at radius 1 is 0.0556 bits per heavy atom. The van der Waals surface area contributed by atoms with Crippen LogP contribution in [0.3, 0.4) is 0 Å². The first kappa shape index (κ1) is 8830. The molecule has 18 heavy (non-hydrogen) atoms. The summed E-state index contributed by atoms with van der Waals surface area (Å²) >= 11 is 0. The maximum absolute atomic E-state index is 0. The van der Waals surface area contributed by atoms with Crippen LogP contribution in [0.25, 0.3) is 0 Å². The number of rotatable bonds is 0. The first-order valence-corrected chi connectivity index (χ1v) is 0. The van der Waals surface area contributed by atoms with Crippen molar-refractivity contribution in [1.29, 1.82) is 0 Å². The summed E-state index contributed by atoms with van der Waals surface area (Å²) in [5, 5.41) is 0. The normalized spacial score (nSPS) is 0. The second-order valence-corrected chi connectivity index (χ2v) is 0. The van der Waals surface area contributed by atoms with Crippen molar-refractivity contribution in [2.75, 3.05) is 0 Å². The smallest absolute Gasteiger partial charge is 0.412 e. The largest absolute Gasteiger partial charge is 0.412 e. The van der Waals surface area contributed by atoms with Crippen LogP contribution in [0.1, 0.15) is 0 Å². The Bertz CT molecular complexity index is 0. The van der Waals surface area contributed by atoms with Gasteiger partial charge in [-0.3, -0.25) is 0 Å². The van der Waals surface area contributed by atoms with Crippen molar-refractivity contribution >= 4 is 0 Å². The summed E-state index contributed by atoms with van der Waals surface area (Å²) in [5.41, 5.74) is 0. The molecule has 36 N–H and O–H groups in total. The summed E-state index contributed by atoms with van der Waals surface area (Å²) in [7, 11) is 0. The van der Waals surface area contributed by atoms with Crippen molar-refractivity contribution in [3.63, 3.8) is 0 Å². The first-order valence-electron chi connectivity index (χ1n) is 0. The van der Waals surface area contributed by atoms with Gasteiger partial charge < -0.3 is 98.6 Å². The van der Waals surface area contributed by atoms with E-state index >= 15 is 0 Å². The molecule has 0 amide bonds. The molecule has 144 valence electrons. The third kappa shape index (κ3) is 6010. The molecule has 18 heteroatoms. The van der Waals surface area contributed by atoms with E-state index in [9.17, 15) is 0 Å². The minimum atomic E-state index is 0. The Hall–Kier alpha value is -0.720. The predicted octanol–water partition coefficient (Wildman–Crippen LogP) is -14.8. The topological polar surface area (TPSA) is 567 Å². The lowest BCUT2D eigenvalue weighted by Crippen LogP contribution is -0.290. The molecule has 18 nitrogen and oxygen atoms in total. The average Bonchev–Trinajstić information content (AvgIpc) is 0. The van der Waals surface area contributed by atoms with E-state index in [0.29, 0.717) is 0 Å². The zero-order valence-corrected chi connectivity index (χ0v) is 9.00. The van der Waals surface area contributed by atoms with Crippen LogP contribution in [0.15, 0.2) is 0 Å². The van der Waals surface area contributed by atoms with E-state index in [0.717, 1.165) is 0 Å². The molecule has 0 aliphatic rings. The molecule has 0 atom stereocenters. The molecule has 0 rings (SSSR count). The predicted molar refractivity (Wildman–Crippen MR) is 65.0 cm³/mol. The average molecular weight is 324 g/mol. The van der Waals surface area contributed by atoms with Gasteiger partial charge in [0, 0.05) is 0 Å². The summed E-state index contributed by atoms with van der Waals surface area (Å²) < 4.78 is 0. The van der Waals surface area contributed by atoms with E-state index in [1.54, 1.807) is 0 Å². The van der Waals surface area contributed by atoms with Gasteiger partial charge in [-0.25, -0.2) is 0 Å². The summed E-state index contributed by atoms with van der Waals surface area (Å²) in [4.78, 5) is 0. The number of hydrogen-bond acceptors (Lipinski definition) is 0. The molecule has 0 aliphatic heterocycles. The fraction of sp³-hybridized carbons (Fsp3) is 0. The molecule has 0 radical (unpaired) electrons. The van der Waals surface area contributed by atoms with E-state index in [4.69, 9.17) is 0 Å². The van der Waals surface area contributed by atoms with Crippen molar-refractivity contribution in [2.24, 2.45) is 0 Å². The fourth-order valence-corrected chi connectivity index (χ4v) is 0. The maximum Gasteiger partial charge on any atom is -0.412 e. The lowest BCUT2D eigenvalue weighted by molar-refractivity contribution is 0.823. The van der Waals surface area contributed by atoms with Crippen LogP contribution < -0.4 is 0 Å². The summed E-state index contributed by atoms with van der Waals surface area (Å²) in [6.07, 6.45) is 0. The van der Waals surface area contributed by atoms with E-state index in [1.165, 1.54) is 0 Å². The minimum Gasteiger partial charge on any atom is -0.412 e. The van der Waals surface area contributed by atoms with Crippen LogP contribution in [0.4, 0.5) is 0 Å². The highest BCUT2D eigenvalue weighted by molar-refractivity contribution is 0.841. The van der Waals surface area contributed by atoms with Crippen LogP contribution >= 0.6 is 0 Å². The third-order valence-electron chi connectivity index (χ3n) is 0. The Labute approximate surface area is 100 Å². The van der Waals surface area contributed by atoms with Gasteiger partial charge in [0.05, 0.1) is 0 Å². The highest BCUT2D eigenvalue weighted by Crippen LogP contribution is -0.272. The van der Waals surface area contributed by atoms with Crippen LogP contribution in [0, 0.1) is 0 Å². The van der Waals surface area contributed by atoms with Crippen molar-refractivity contribution in [1.82, 2.24) is 0 Å². The first-order chi connectivity index (χ1) is 0. The second kappa shape index (κ2) is 7330. The molecular weight excluding hydrogens is 288 g/mol. The van der Waals surface area contributed by atoms with Gasteiger partial charge in [-0.15, -0.1) is 0 Å². The Morgan fingerprint density at radius 3 is 0.0556 bits per heavy atom. The molecule has 0 saturated heterocycles. The van der Waals surface area contributed by atoms with Gasteiger partial charge in [0.15, 0.2) is 0 Å². The number of hydrogen-bond donors (Lipinski definition) is 0. The molecule has 0 aromatic carbocycles. The highest BCUT2D eigenvalue weighted by Gasteiger charge is -0.395. The second-order valence-electron chi connectivity index (χ2n) is 0. The lowest BCUT2D eigenvalue weighted by atomic mass is 16.0. The van der Waals surface area contributed by atoms with Gasteiger partial charge in [-0.05, 0) is 0 Å². The standard InChI is InChI=1S/18H2O/h18*1H2. The maximum atomic E-state index is 0. The van der Waals surface area contributed by atoms with Gasteiger partial charge in [-0.2, -0.15) is 0 Å². The molecule has 0 aromatic rings. The Morgan fingerprint density at radius 2 is 0.0556 bits per heavy atom. The van der Waals surface area contributed by atoms with Gasteiger partial charge in [-0.1, -0.05) is 0 Å². The molecule has 0 heterocycles. The molecule has 0 unspecified atom stereocenters. The van der Waals surface area contributed by atoms with Crippen molar-refractivity contribution in [2.45, 2.75) is 0 Å². The van der Waals surface area contributed by atoms with Crippen LogP contribution in [0.5, 0.6) is 0 Å². The fourth-order valence-electron chi connectivity index (χ4n) is 0. The quantitative estimate of drug-likeness (QED) is 0.400. The van der Waals surface area contributed by atoms with Gasteiger partial charge >= 0.3 is 0 Å². The lowest BCUT2D eigenvalue weighted by Gasteiger charge is -0.413. The van der Waals surface area contributed by atoms with Crippen LogP contribution in [0.2, 0.25) is 0 Å². The van der Waals surface area contributed by atoms with Gasteiger partial charge in [0.25, 0.3) is 0 Å². The SMILES string of the molecule is O.O.O.O.O.O.O.O.O.O.O.O.O.O.O.O.O.O. The highest BCUT2D eigenvalue weighted by atomic mass is 16.0. The van der Waals surface area contributed by atoms with E-state index in [-0.39, 0.29) is 98.6 Å². The molecule has 0 spiro atoms.